The standard InChI is InChI=1S/C12H17O3P/c1-3-16(15,4-2)9-10-5-7-11(8-6-10)12(13)14/h5-8,15H,3-4,9H2,1-2H3/p+1. The fourth-order valence-corrected chi connectivity index (χ4v) is 3.32. The van der Waals surface area contributed by atoms with Crippen molar-refractivity contribution in [1.29, 1.82) is 0 Å². The largest absolute Gasteiger partial charge is 0.478 e. The number of rotatable bonds is 5. The number of carbonyl (C=O) groups is 1. The third-order valence-corrected chi connectivity index (χ3v) is 6.16. The summed E-state index contributed by atoms with van der Waals surface area (Å²) in [4.78, 5) is 20.9. The molecule has 0 aromatic heterocycles. The molecule has 3 nitrogen and oxygen atoms in total. The third-order valence-electron chi connectivity index (χ3n) is 2.86. The zero-order valence-corrected chi connectivity index (χ0v) is 10.6. The number of benzene rings is 1. The average molecular weight is 241 g/mol. The maximum Gasteiger partial charge on any atom is 0.335 e. The van der Waals surface area contributed by atoms with Crippen LogP contribution < -0.4 is 0 Å². The second-order valence-corrected chi connectivity index (χ2v) is 7.66. The van der Waals surface area contributed by atoms with Crippen molar-refractivity contribution in [1.82, 2.24) is 0 Å². The highest BCUT2D eigenvalue weighted by Gasteiger charge is 2.30. The summed E-state index contributed by atoms with van der Waals surface area (Å²) < 4.78 is 0. The van der Waals surface area contributed by atoms with Gasteiger partial charge in [-0.1, -0.05) is 12.1 Å². The molecule has 0 heterocycles. The van der Waals surface area contributed by atoms with Crippen LogP contribution in [0.3, 0.4) is 0 Å². The second kappa shape index (κ2) is 5.42. The van der Waals surface area contributed by atoms with Crippen molar-refractivity contribution in [3.05, 3.63) is 35.4 Å². The van der Waals surface area contributed by atoms with Crippen LogP contribution in [-0.4, -0.2) is 28.3 Å². The molecule has 0 spiro atoms. The first-order valence-corrected chi connectivity index (χ1v) is 7.71. The molecule has 0 saturated carbocycles. The van der Waals surface area contributed by atoms with Gasteiger partial charge in [-0.2, -0.15) is 0 Å². The van der Waals surface area contributed by atoms with E-state index >= 15 is 0 Å². The van der Waals surface area contributed by atoms with Crippen molar-refractivity contribution >= 4 is 13.5 Å². The van der Waals surface area contributed by atoms with E-state index in [0.717, 1.165) is 17.9 Å². The molecular weight excluding hydrogens is 223 g/mol. The molecule has 4 heteroatoms. The molecule has 16 heavy (non-hydrogen) atoms. The fourth-order valence-electron chi connectivity index (χ4n) is 1.54. The van der Waals surface area contributed by atoms with Gasteiger partial charge in [-0.05, 0) is 31.5 Å². The maximum atomic E-state index is 10.7. The van der Waals surface area contributed by atoms with Crippen LogP contribution in [0.4, 0.5) is 0 Å². The second-order valence-electron chi connectivity index (χ2n) is 3.89. The number of carboxylic acid groups (broad SMARTS) is 1. The van der Waals surface area contributed by atoms with Crippen LogP contribution in [0.25, 0.3) is 0 Å². The summed E-state index contributed by atoms with van der Waals surface area (Å²) in [5, 5.41) is 8.76. The van der Waals surface area contributed by atoms with Crippen LogP contribution >= 0.6 is 7.49 Å². The lowest BCUT2D eigenvalue weighted by Crippen LogP contribution is -2.02. The lowest BCUT2D eigenvalue weighted by atomic mass is 10.1. The van der Waals surface area contributed by atoms with Crippen molar-refractivity contribution in [2.24, 2.45) is 0 Å². The summed E-state index contributed by atoms with van der Waals surface area (Å²) in [7, 11) is -1.84. The average Bonchev–Trinajstić information content (AvgIpc) is 2.29. The van der Waals surface area contributed by atoms with Gasteiger partial charge in [0.25, 0.3) is 0 Å². The lowest BCUT2D eigenvalue weighted by molar-refractivity contribution is 0.0697. The molecule has 0 radical (unpaired) electrons. The summed E-state index contributed by atoms with van der Waals surface area (Å²) in [6, 6.07) is 6.76. The minimum absolute atomic E-state index is 0.290. The van der Waals surface area contributed by atoms with E-state index in [9.17, 15) is 9.69 Å². The number of hydrogen-bond acceptors (Lipinski definition) is 2. The van der Waals surface area contributed by atoms with E-state index in [4.69, 9.17) is 5.11 Å². The maximum absolute atomic E-state index is 10.7. The molecule has 0 atom stereocenters. The summed E-state index contributed by atoms with van der Waals surface area (Å²) in [5.74, 6) is -0.914. The third kappa shape index (κ3) is 3.29. The summed E-state index contributed by atoms with van der Waals surface area (Å²) in [6.45, 7) is 4.01. The molecule has 1 aromatic carbocycles. The molecule has 0 unspecified atom stereocenters. The first-order valence-electron chi connectivity index (χ1n) is 5.42. The molecule has 0 fully saturated rings. The van der Waals surface area contributed by atoms with Gasteiger partial charge in [0.05, 0.1) is 17.9 Å². The van der Waals surface area contributed by atoms with E-state index in [-0.39, 0.29) is 0 Å². The van der Waals surface area contributed by atoms with Gasteiger partial charge in [0.1, 0.15) is 13.7 Å². The lowest BCUT2D eigenvalue weighted by Gasteiger charge is -2.16. The normalized spacial score (nSPS) is 11.4. The number of carboxylic acids is 1. The quantitative estimate of drug-likeness (QED) is 0.779. The van der Waals surface area contributed by atoms with Gasteiger partial charge >= 0.3 is 5.97 Å². The smallest absolute Gasteiger partial charge is 0.335 e. The Kier molecular flexibility index (Phi) is 4.45. The van der Waals surface area contributed by atoms with E-state index in [0.29, 0.717) is 11.7 Å². The minimum Gasteiger partial charge on any atom is -0.478 e. The van der Waals surface area contributed by atoms with Crippen LogP contribution in [0.15, 0.2) is 24.3 Å². The molecule has 1 rings (SSSR count). The highest BCUT2D eigenvalue weighted by atomic mass is 31.2. The molecule has 0 amide bonds. The summed E-state index contributed by atoms with van der Waals surface area (Å²) >= 11 is 0. The molecule has 0 aliphatic heterocycles. The van der Waals surface area contributed by atoms with Gasteiger partial charge in [-0.15, -0.1) is 0 Å². The van der Waals surface area contributed by atoms with Crippen molar-refractivity contribution in [2.45, 2.75) is 20.0 Å². The molecular formula is C12H18O3P+. The topological polar surface area (TPSA) is 57.5 Å². The van der Waals surface area contributed by atoms with Crippen LogP contribution in [0.2, 0.25) is 0 Å². The van der Waals surface area contributed by atoms with E-state index in [1.807, 2.05) is 13.8 Å². The predicted octanol–water partition coefficient (Wildman–Crippen LogP) is 2.85. The zero-order valence-electron chi connectivity index (χ0n) is 9.68. The van der Waals surface area contributed by atoms with Gasteiger partial charge < -0.3 is 5.11 Å². The fraction of sp³-hybridized carbons (Fsp3) is 0.417. The van der Waals surface area contributed by atoms with Crippen LogP contribution in [0.1, 0.15) is 29.8 Å². The zero-order chi connectivity index (χ0) is 12.2. The molecule has 1 aromatic rings. The number of aromatic carboxylic acids is 1. The Morgan fingerprint density at radius 1 is 1.19 bits per heavy atom. The van der Waals surface area contributed by atoms with Gasteiger partial charge in [0.15, 0.2) is 0 Å². The van der Waals surface area contributed by atoms with Crippen molar-refractivity contribution in [3.8, 4) is 0 Å². The summed E-state index contributed by atoms with van der Waals surface area (Å²) in [5.41, 5.74) is 1.31. The Hall–Kier alpha value is -0.920. The predicted molar refractivity (Wildman–Crippen MR) is 67.3 cm³/mol. The van der Waals surface area contributed by atoms with Crippen LogP contribution in [0, 0.1) is 0 Å². The summed E-state index contributed by atoms with van der Waals surface area (Å²) in [6.07, 6.45) is 2.30. The highest BCUT2D eigenvalue weighted by Crippen LogP contribution is 2.56. The van der Waals surface area contributed by atoms with E-state index in [2.05, 4.69) is 0 Å². The number of hydrogen-bond donors (Lipinski definition) is 2. The highest BCUT2D eigenvalue weighted by molar-refractivity contribution is 7.69. The Morgan fingerprint density at radius 3 is 2.06 bits per heavy atom. The van der Waals surface area contributed by atoms with Crippen molar-refractivity contribution in [3.63, 3.8) is 0 Å². The Morgan fingerprint density at radius 2 is 1.69 bits per heavy atom. The van der Waals surface area contributed by atoms with Crippen LogP contribution in [0.5, 0.6) is 0 Å². The Bertz CT molecular complexity index is 355. The van der Waals surface area contributed by atoms with Gasteiger partial charge in [-0.25, -0.2) is 4.79 Å². The first-order chi connectivity index (χ1) is 7.50. The van der Waals surface area contributed by atoms with E-state index < -0.39 is 13.5 Å². The molecule has 0 saturated heterocycles. The Balaban J connectivity index is 2.79. The van der Waals surface area contributed by atoms with Crippen LogP contribution in [-0.2, 0) is 6.16 Å². The van der Waals surface area contributed by atoms with Crippen molar-refractivity contribution < 1.29 is 14.8 Å². The molecule has 0 bridgehead atoms. The molecule has 2 N–H and O–H groups in total. The first kappa shape index (κ1) is 13.1. The molecule has 0 aliphatic carbocycles. The SMILES string of the molecule is CC[P+](O)(CC)Cc1ccc(C(=O)O)cc1. The monoisotopic (exact) mass is 241 g/mol. The van der Waals surface area contributed by atoms with Gasteiger partial charge in [0, 0.05) is 0 Å². The van der Waals surface area contributed by atoms with Gasteiger partial charge in [0.2, 0.25) is 0 Å². The van der Waals surface area contributed by atoms with E-state index in [1.54, 1.807) is 24.3 Å². The Labute approximate surface area is 96.5 Å². The van der Waals surface area contributed by atoms with E-state index in [1.165, 1.54) is 0 Å². The van der Waals surface area contributed by atoms with Gasteiger partial charge in [-0.3, -0.25) is 4.89 Å². The molecule has 0 aliphatic rings. The van der Waals surface area contributed by atoms with Crippen molar-refractivity contribution in [2.75, 3.05) is 12.3 Å². The minimum atomic E-state index is -1.84. The molecule has 88 valence electrons.